The zero-order valence-corrected chi connectivity index (χ0v) is 17.9. The summed E-state index contributed by atoms with van der Waals surface area (Å²) in [6, 6.07) is 14.0. The number of rotatable bonds is 6. The van der Waals surface area contributed by atoms with Crippen LogP contribution in [0.1, 0.15) is 41.6 Å². The maximum Gasteiger partial charge on any atom is 0.254 e. The van der Waals surface area contributed by atoms with E-state index in [1.54, 1.807) is 12.1 Å². The number of ether oxygens (including phenoxy) is 1. The molecule has 30 heavy (non-hydrogen) atoms. The van der Waals surface area contributed by atoms with Crippen molar-refractivity contribution in [3.8, 4) is 0 Å². The molecule has 4 nitrogen and oxygen atoms in total. The van der Waals surface area contributed by atoms with Gasteiger partial charge in [-0.2, -0.15) is 0 Å². The molecule has 1 atom stereocenters. The number of hydrogen-bond acceptors (Lipinski definition) is 3. The Hall–Kier alpha value is -1.95. The second-order valence-electron chi connectivity index (χ2n) is 8.26. The van der Waals surface area contributed by atoms with Crippen LogP contribution in [0.2, 0.25) is 5.02 Å². The van der Waals surface area contributed by atoms with Crippen molar-refractivity contribution in [1.29, 1.82) is 0 Å². The van der Waals surface area contributed by atoms with Crippen LogP contribution in [0.4, 0.5) is 4.39 Å². The fourth-order valence-corrected chi connectivity index (χ4v) is 4.60. The summed E-state index contributed by atoms with van der Waals surface area (Å²) in [4.78, 5) is 17.6. The zero-order chi connectivity index (χ0) is 20.9. The van der Waals surface area contributed by atoms with E-state index in [1.807, 2.05) is 17.0 Å². The molecule has 0 bridgehead atoms. The molecule has 2 fully saturated rings. The van der Waals surface area contributed by atoms with Gasteiger partial charge in [-0.25, -0.2) is 4.39 Å². The lowest BCUT2D eigenvalue weighted by atomic mass is 10.1. The summed E-state index contributed by atoms with van der Waals surface area (Å²) in [5, 5.41) is 0.741. The lowest BCUT2D eigenvalue weighted by molar-refractivity contribution is -0.0468. The average molecular weight is 431 g/mol. The molecule has 160 valence electrons. The minimum absolute atomic E-state index is 0.0275. The predicted octanol–water partition coefficient (Wildman–Crippen LogP) is 4.76. The number of carbonyl (C=O) groups excluding carboxylic acids is 1. The molecule has 0 aromatic heterocycles. The Bertz CT molecular complexity index is 837. The first kappa shape index (κ1) is 21.3. The van der Waals surface area contributed by atoms with Gasteiger partial charge in [0.15, 0.2) is 0 Å². The molecule has 0 N–H and O–H groups in total. The standard InChI is InChI=1S/C24H28ClFN2O2/c25-20-9-5-18(6-10-20)15-27-13-14-30-23(16-27)17-28(22-3-1-2-4-22)24(29)19-7-11-21(26)12-8-19/h5-12,22-23H,1-4,13-17H2/t23-/m1/s1. The van der Waals surface area contributed by atoms with Crippen LogP contribution in [0.25, 0.3) is 0 Å². The second kappa shape index (κ2) is 9.90. The molecule has 1 heterocycles. The maximum atomic E-state index is 13.3. The minimum atomic E-state index is -0.326. The predicted molar refractivity (Wildman–Crippen MR) is 116 cm³/mol. The van der Waals surface area contributed by atoms with E-state index in [-0.39, 0.29) is 23.9 Å². The molecular weight excluding hydrogens is 403 g/mol. The number of hydrogen-bond donors (Lipinski definition) is 0. The van der Waals surface area contributed by atoms with Crippen LogP contribution in [0.3, 0.4) is 0 Å². The molecule has 1 saturated carbocycles. The third kappa shape index (κ3) is 5.39. The van der Waals surface area contributed by atoms with E-state index in [4.69, 9.17) is 16.3 Å². The van der Waals surface area contributed by atoms with Crippen LogP contribution in [0, 0.1) is 5.82 Å². The third-order valence-corrected chi connectivity index (χ3v) is 6.31. The van der Waals surface area contributed by atoms with Crippen molar-refractivity contribution >= 4 is 17.5 Å². The highest BCUT2D eigenvalue weighted by Gasteiger charge is 2.31. The molecule has 1 aliphatic carbocycles. The molecule has 1 amide bonds. The smallest absolute Gasteiger partial charge is 0.254 e. The van der Waals surface area contributed by atoms with Crippen molar-refractivity contribution in [3.05, 3.63) is 70.5 Å². The molecule has 4 rings (SSSR count). The van der Waals surface area contributed by atoms with E-state index in [9.17, 15) is 9.18 Å². The number of halogens is 2. The molecule has 1 aliphatic heterocycles. The van der Waals surface area contributed by atoms with Gasteiger partial charge in [-0.15, -0.1) is 0 Å². The Morgan fingerprint density at radius 1 is 1.10 bits per heavy atom. The van der Waals surface area contributed by atoms with Crippen molar-refractivity contribution in [1.82, 2.24) is 9.80 Å². The highest BCUT2D eigenvalue weighted by molar-refractivity contribution is 6.30. The number of benzene rings is 2. The van der Waals surface area contributed by atoms with Crippen molar-refractivity contribution in [2.45, 2.75) is 44.4 Å². The SMILES string of the molecule is O=C(c1ccc(F)cc1)N(C[C@H]1CN(Cc2ccc(Cl)cc2)CCO1)C1CCCC1. The first-order valence-electron chi connectivity index (χ1n) is 10.7. The fourth-order valence-electron chi connectivity index (χ4n) is 4.47. The van der Waals surface area contributed by atoms with Gasteiger partial charge in [-0.05, 0) is 54.8 Å². The van der Waals surface area contributed by atoms with Crippen LogP contribution < -0.4 is 0 Å². The summed E-state index contributed by atoms with van der Waals surface area (Å²) in [6.07, 6.45) is 4.30. The minimum Gasteiger partial charge on any atom is -0.374 e. The summed E-state index contributed by atoms with van der Waals surface area (Å²) < 4.78 is 19.4. The van der Waals surface area contributed by atoms with Gasteiger partial charge in [0.2, 0.25) is 0 Å². The van der Waals surface area contributed by atoms with Gasteiger partial charge in [0, 0.05) is 42.8 Å². The lowest BCUT2D eigenvalue weighted by Crippen LogP contribution is -2.50. The van der Waals surface area contributed by atoms with E-state index >= 15 is 0 Å². The number of amides is 1. The van der Waals surface area contributed by atoms with Crippen molar-refractivity contribution in [2.75, 3.05) is 26.2 Å². The Labute approximate surface area is 182 Å². The molecule has 0 radical (unpaired) electrons. The van der Waals surface area contributed by atoms with E-state index in [1.165, 1.54) is 17.7 Å². The largest absolute Gasteiger partial charge is 0.374 e. The van der Waals surface area contributed by atoms with Gasteiger partial charge in [-0.1, -0.05) is 36.6 Å². The van der Waals surface area contributed by atoms with Crippen molar-refractivity contribution in [2.24, 2.45) is 0 Å². The Morgan fingerprint density at radius 3 is 2.50 bits per heavy atom. The molecule has 2 aliphatic rings. The van der Waals surface area contributed by atoms with Crippen LogP contribution in [-0.2, 0) is 11.3 Å². The molecule has 1 saturated heterocycles. The Morgan fingerprint density at radius 2 is 1.80 bits per heavy atom. The van der Waals surface area contributed by atoms with Gasteiger partial charge in [0.05, 0.1) is 12.7 Å². The van der Waals surface area contributed by atoms with Crippen LogP contribution in [0.5, 0.6) is 0 Å². The number of nitrogens with zero attached hydrogens (tertiary/aromatic N) is 2. The number of morpholine rings is 1. The monoisotopic (exact) mass is 430 g/mol. The van der Waals surface area contributed by atoms with E-state index in [2.05, 4.69) is 17.0 Å². The van der Waals surface area contributed by atoms with E-state index < -0.39 is 0 Å². The Kier molecular flexibility index (Phi) is 7.03. The molecule has 2 aromatic rings. The summed E-state index contributed by atoms with van der Waals surface area (Å²) in [6.45, 7) is 3.71. The van der Waals surface area contributed by atoms with Crippen molar-refractivity contribution in [3.63, 3.8) is 0 Å². The highest BCUT2D eigenvalue weighted by atomic mass is 35.5. The van der Waals surface area contributed by atoms with Crippen molar-refractivity contribution < 1.29 is 13.9 Å². The molecule has 0 unspecified atom stereocenters. The quantitative estimate of drug-likeness (QED) is 0.662. The average Bonchev–Trinajstić information content (AvgIpc) is 3.29. The normalized spacial score (nSPS) is 20.4. The first-order chi connectivity index (χ1) is 14.6. The van der Waals surface area contributed by atoms with E-state index in [0.717, 1.165) is 50.3 Å². The van der Waals surface area contributed by atoms with Gasteiger partial charge >= 0.3 is 0 Å². The fraction of sp³-hybridized carbons (Fsp3) is 0.458. The number of carbonyl (C=O) groups is 1. The molecule has 6 heteroatoms. The van der Waals surface area contributed by atoms with Gasteiger partial charge in [0.25, 0.3) is 5.91 Å². The second-order valence-corrected chi connectivity index (χ2v) is 8.69. The summed E-state index contributed by atoms with van der Waals surface area (Å²) in [5.74, 6) is -0.354. The lowest BCUT2D eigenvalue weighted by Gasteiger charge is -2.38. The maximum absolute atomic E-state index is 13.3. The van der Waals surface area contributed by atoms with Crippen LogP contribution in [0.15, 0.2) is 48.5 Å². The van der Waals surface area contributed by atoms with Gasteiger partial charge < -0.3 is 9.64 Å². The summed E-state index contributed by atoms with van der Waals surface area (Å²) >= 11 is 5.99. The van der Waals surface area contributed by atoms with Gasteiger partial charge in [0.1, 0.15) is 5.82 Å². The molecular formula is C24H28ClFN2O2. The van der Waals surface area contributed by atoms with E-state index in [0.29, 0.717) is 18.7 Å². The summed E-state index contributed by atoms with van der Waals surface area (Å²) in [5.41, 5.74) is 1.76. The van der Waals surface area contributed by atoms with Gasteiger partial charge in [-0.3, -0.25) is 9.69 Å². The molecule has 0 spiro atoms. The molecule has 2 aromatic carbocycles. The van der Waals surface area contributed by atoms with Crippen LogP contribution in [-0.4, -0.2) is 54.1 Å². The first-order valence-corrected chi connectivity index (χ1v) is 11.1. The highest BCUT2D eigenvalue weighted by Crippen LogP contribution is 2.26. The Balaban J connectivity index is 1.43. The third-order valence-electron chi connectivity index (χ3n) is 6.06. The van der Waals surface area contributed by atoms with Crippen LogP contribution >= 0.6 is 11.6 Å². The zero-order valence-electron chi connectivity index (χ0n) is 17.1. The summed E-state index contributed by atoms with van der Waals surface area (Å²) in [7, 11) is 0. The topological polar surface area (TPSA) is 32.8 Å².